The first kappa shape index (κ1) is 18.5. The second kappa shape index (κ2) is 7.98. The maximum absolute atomic E-state index is 12.7. The minimum atomic E-state index is -0.286. The quantitative estimate of drug-likeness (QED) is 0.876. The smallest absolute Gasteiger partial charge is 0.251 e. The Kier molecular flexibility index (Phi) is 5.69. The lowest BCUT2D eigenvalue weighted by Gasteiger charge is -2.33. The van der Waals surface area contributed by atoms with Crippen LogP contribution in [0.15, 0.2) is 18.2 Å². The van der Waals surface area contributed by atoms with Gasteiger partial charge in [-0.15, -0.1) is 0 Å². The third-order valence-corrected chi connectivity index (χ3v) is 5.68. The van der Waals surface area contributed by atoms with Crippen LogP contribution < -0.4 is 14.8 Å². The number of nitrogens with one attached hydrogen (secondary N) is 1. The number of nitrogens with zero attached hydrogens (tertiary/aromatic N) is 1. The maximum Gasteiger partial charge on any atom is 0.251 e. The Balaban J connectivity index is 1.61. The summed E-state index contributed by atoms with van der Waals surface area (Å²) >= 11 is 0. The lowest BCUT2D eigenvalue weighted by Crippen LogP contribution is -2.47. The van der Waals surface area contributed by atoms with Crippen LogP contribution in [-0.4, -0.2) is 49.6 Å². The van der Waals surface area contributed by atoms with Crippen molar-refractivity contribution < 1.29 is 19.1 Å². The largest absolute Gasteiger partial charge is 0.493 e. The van der Waals surface area contributed by atoms with Gasteiger partial charge in [-0.3, -0.25) is 9.59 Å². The molecule has 2 aliphatic rings. The van der Waals surface area contributed by atoms with E-state index < -0.39 is 0 Å². The minimum absolute atomic E-state index is 0.0146. The molecule has 1 N–H and O–H groups in total. The van der Waals surface area contributed by atoms with Gasteiger partial charge in [0.1, 0.15) is 0 Å². The van der Waals surface area contributed by atoms with Gasteiger partial charge < -0.3 is 19.7 Å². The van der Waals surface area contributed by atoms with E-state index in [0.29, 0.717) is 29.0 Å². The molecule has 0 unspecified atom stereocenters. The second-order valence-electron chi connectivity index (χ2n) is 7.25. The SMILES string of the molecule is COc1ccc(C(=O)NCC(=O)N2[C@H](C)C[C@H]3CCCC[C@@H]32)cc1OC. The summed E-state index contributed by atoms with van der Waals surface area (Å²) in [6.45, 7) is 2.15. The number of fused-ring (bicyclic) bond motifs is 1. The molecule has 142 valence electrons. The van der Waals surface area contributed by atoms with Crippen molar-refractivity contribution in [1.29, 1.82) is 0 Å². The van der Waals surface area contributed by atoms with Gasteiger partial charge in [-0.05, 0) is 50.3 Å². The summed E-state index contributed by atoms with van der Waals surface area (Å²) in [5.41, 5.74) is 0.445. The first-order chi connectivity index (χ1) is 12.5. The average molecular weight is 360 g/mol. The zero-order valence-corrected chi connectivity index (χ0v) is 15.8. The normalized spacial score (nSPS) is 24.7. The van der Waals surface area contributed by atoms with Crippen molar-refractivity contribution in [2.75, 3.05) is 20.8 Å². The summed E-state index contributed by atoms with van der Waals surface area (Å²) in [7, 11) is 3.07. The van der Waals surface area contributed by atoms with E-state index in [1.807, 2.05) is 4.90 Å². The number of methoxy groups -OCH3 is 2. The molecule has 6 nitrogen and oxygen atoms in total. The van der Waals surface area contributed by atoms with Crippen molar-refractivity contribution in [1.82, 2.24) is 10.2 Å². The standard InChI is InChI=1S/C20H28N2O4/c1-13-10-14-6-4-5-7-16(14)22(13)19(23)12-21-20(24)15-8-9-17(25-2)18(11-15)26-3/h8-9,11,13-14,16H,4-7,10,12H2,1-3H3,(H,21,24)/t13-,14-,16+/m1/s1. The Hall–Kier alpha value is -2.24. The lowest BCUT2D eigenvalue weighted by molar-refractivity contribution is -0.133. The van der Waals surface area contributed by atoms with Gasteiger partial charge in [0.15, 0.2) is 11.5 Å². The lowest BCUT2D eigenvalue weighted by atomic mass is 9.85. The van der Waals surface area contributed by atoms with E-state index in [4.69, 9.17) is 9.47 Å². The van der Waals surface area contributed by atoms with E-state index in [9.17, 15) is 9.59 Å². The van der Waals surface area contributed by atoms with Gasteiger partial charge in [0.2, 0.25) is 5.91 Å². The molecule has 3 rings (SSSR count). The van der Waals surface area contributed by atoms with Crippen molar-refractivity contribution in [3.05, 3.63) is 23.8 Å². The van der Waals surface area contributed by atoms with E-state index in [1.165, 1.54) is 26.4 Å². The monoisotopic (exact) mass is 360 g/mol. The van der Waals surface area contributed by atoms with Crippen LogP contribution in [0, 0.1) is 5.92 Å². The molecule has 3 atom stereocenters. The fraction of sp³-hybridized carbons (Fsp3) is 0.600. The second-order valence-corrected chi connectivity index (χ2v) is 7.25. The molecule has 1 aliphatic heterocycles. The highest BCUT2D eigenvalue weighted by Gasteiger charge is 2.42. The summed E-state index contributed by atoms with van der Waals surface area (Å²) in [4.78, 5) is 27.2. The van der Waals surface area contributed by atoms with Crippen molar-refractivity contribution in [2.24, 2.45) is 5.92 Å². The van der Waals surface area contributed by atoms with Crippen LogP contribution in [0.3, 0.4) is 0 Å². The molecular weight excluding hydrogens is 332 g/mol. The van der Waals surface area contributed by atoms with Crippen molar-refractivity contribution >= 4 is 11.8 Å². The summed E-state index contributed by atoms with van der Waals surface area (Å²) in [6, 6.07) is 5.58. The van der Waals surface area contributed by atoms with Crippen molar-refractivity contribution in [3.8, 4) is 11.5 Å². The van der Waals surface area contributed by atoms with Gasteiger partial charge in [0.05, 0.1) is 20.8 Å². The highest BCUT2D eigenvalue weighted by Crippen LogP contribution is 2.39. The maximum atomic E-state index is 12.7. The highest BCUT2D eigenvalue weighted by atomic mass is 16.5. The third-order valence-electron chi connectivity index (χ3n) is 5.68. The van der Waals surface area contributed by atoms with Gasteiger partial charge in [-0.2, -0.15) is 0 Å². The number of ether oxygens (including phenoxy) is 2. The Labute approximate surface area is 154 Å². The van der Waals surface area contributed by atoms with Crippen LogP contribution in [0.5, 0.6) is 11.5 Å². The Morgan fingerprint density at radius 3 is 2.62 bits per heavy atom. The number of amides is 2. The van der Waals surface area contributed by atoms with Crippen LogP contribution in [-0.2, 0) is 4.79 Å². The predicted octanol–water partition coefficient (Wildman–Crippen LogP) is 2.61. The summed E-state index contributed by atoms with van der Waals surface area (Å²) in [6.07, 6.45) is 5.85. The summed E-state index contributed by atoms with van der Waals surface area (Å²) in [5, 5.41) is 2.75. The number of likely N-dealkylation sites (tertiary alicyclic amines) is 1. The van der Waals surface area contributed by atoms with Crippen molar-refractivity contribution in [2.45, 2.75) is 51.1 Å². The molecule has 1 aliphatic carbocycles. The van der Waals surface area contributed by atoms with E-state index in [0.717, 1.165) is 12.8 Å². The molecule has 0 aromatic heterocycles. The first-order valence-electron chi connectivity index (χ1n) is 9.36. The zero-order valence-electron chi connectivity index (χ0n) is 15.8. The Morgan fingerprint density at radius 1 is 1.15 bits per heavy atom. The number of benzene rings is 1. The van der Waals surface area contributed by atoms with Crippen LogP contribution in [0.2, 0.25) is 0 Å². The highest BCUT2D eigenvalue weighted by molar-refractivity contribution is 5.97. The Morgan fingerprint density at radius 2 is 1.88 bits per heavy atom. The fourth-order valence-corrected chi connectivity index (χ4v) is 4.47. The minimum Gasteiger partial charge on any atom is -0.493 e. The number of hydrogen-bond donors (Lipinski definition) is 1. The number of rotatable bonds is 5. The van der Waals surface area contributed by atoms with Crippen molar-refractivity contribution in [3.63, 3.8) is 0 Å². The van der Waals surface area contributed by atoms with Gasteiger partial charge in [0.25, 0.3) is 5.91 Å². The molecule has 1 aromatic rings. The molecule has 1 saturated carbocycles. The van der Waals surface area contributed by atoms with Crippen LogP contribution in [0.4, 0.5) is 0 Å². The van der Waals surface area contributed by atoms with Crippen LogP contribution >= 0.6 is 0 Å². The number of carbonyl (C=O) groups is 2. The molecule has 1 aromatic carbocycles. The van der Waals surface area contributed by atoms with E-state index >= 15 is 0 Å². The molecule has 1 saturated heterocycles. The topological polar surface area (TPSA) is 67.9 Å². The van der Waals surface area contributed by atoms with Gasteiger partial charge in [-0.1, -0.05) is 12.8 Å². The fourth-order valence-electron chi connectivity index (χ4n) is 4.47. The molecule has 2 fully saturated rings. The molecule has 6 heteroatoms. The van der Waals surface area contributed by atoms with E-state index in [2.05, 4.69) is 12.2 Å². The molecular formula is C20H28N2O4. The predicted molar refractivity (Wildman–Crippen MR) is 98.6 cm³/mol. The molecule has 0 spiro atoms. The van der Waals surface area contributed by atoms with Gasteiger partial charge >= 0.3 is 0 Å². The molecule has 0 radical (unpaired) electrons. The van der Waals surface area contributed by atoms with E-state index in [1.54, 1.807) is 25.3 Å². The molecule has 0 bridgehead atoms. The van der Waals surface area contributed by atoms with Gasteiger partial charge in [-0.25, -0.2) is 0 Å². The van der Waals surface area contributed by atoms with Gasteiger partial charge in [0, 0.05) is 17.6 Å². The first-order valence-corrected chi connectivity index (χ1v) is 9.36. The summed E-state index contributed by atoms with van der Waals surface area (Å²) in [5.74, 6) is 1.41. The molecule has 1 heterocycles. The zero-order chi connectivity index (χ0) is 18.7. The number of carbonyl (C=O) groups excluding carboxylic acids is 2. The van der Waals surface area contributed by atoms with Crippen LogP contribution in [0.1, 0.15) is 49.4 Å². The summed E-state index contributed by atoms with van der Waals surface area (Å²) < 4.78 is 10.4. The molecule has 26 heavy (non-hydrogen) atoms. The average Bonchev–Trinajstić information content (AvgIpc) is 3.00. The van der Waals surface area contributed by atoms with E-state index in [-0.39, 0.29) is 24.4 Å². The molecule has 2 amide bonds. The third kappa shape index (κ3) is 3.64. The Bertz CT molecular complexity index is 676. The van der Waals surface area contributed by atoms with Crippen LogP contribution in [0.25, 0.3) is 0 Å². The number of hydrogen-bond acceptors (Lipinski definition) is 4.